The quantitative estimate of drug-likeness (QED) is 0.0341. The maximum Gasteiger partial charge on any atom is 0.307 e. The van der Waals surface area contributed by atoms with Crippen LogP contribution in [0.5, 0.6) is 23.0 Å². The summed E-state index contributed by atoms with van der Waals surface area (Å²) in [4.78, 5) is 50.0. The molecule has 8 unspecified atom stereocenters. The second kappa shape index (κ2) is 25.6. The highest BCUT2D eigenvalue weighted by Crippen LogP contribution is 2.33. The minimum absolute atomic E-state index is 0.00569. The summed E-state index contributed by atoms with van der Waals surface area (Å²) >= 11 is 0. The van der Waals surface area contributed by atoms with Crippen molar-refractivity contribution < 1.29 is 58.6 Å². The summed E-state index contributed by atoms with van der Waals surface area (Å²) < 4.78 is 26.8. The number of hydrogen-bond donors (Lipinski definition) is 8. The Kier molecular flexibility index (Phi) is 18.7. The van der Waals surface area contributed by atoms with Crippen LogP contribution in [0.4, 0.5) is 0 Å². The maximum absolute atomic E-state index is 12.5. The van der Waals surface area contributed by atoms with Gasteiger partial charge in [-0.3, -0.25) is 19.2 Å². The molecule has 0 aromatic heterocycles. The largest absolute Gasteiger partial charge is 0.493 e. The summed E-state index contributed by atoms with van der Waals surface area (Å²) in [6.45, 7) is 5.77. The Morgan fingerprint density at radius 2 is 0.644 bits per heavy atom. The van der Waals surface area contributed by atoms with Gasteiger partial charge in [0.15, 0.2) is 0 Å². The Balaban J connectivity index is 1.09. The highest BCUT2D eigenvalue weighted by Gasteiger charge is 2.38. The lowest BCUT2D eigenvalue weighted by Gasteiger charge is -2.33. The molecule has 4 aromatic rings. The molecule has 0 radical (unpaired) electrons. The Bertz CT molecular complexity index is 2120. The lowest BCUT2D eigenvalue weighted by atomic mass is 9.86. The fraction of sp³-hybridized carbons (Fsp3) is 0.509. The van der Waals surface area contributed by atoms with Gasteiger partial charge in [-0.2, -0.15) is 0 Å². The molecule has 4 aliphatic rings. The van der Waals surface area contributed by atoms with Crippen LogP contribution in [0.25, 0.3) is 0 Å². The van der Waals surface area contributed by atoms with E-state index in [1.54, 1.807) is 0 Å². The standard InChI is InChI=1S/C57H72N4O12/c62-53(63)49(41-13-17-58-29-41)25-37-5-1-9-45(21-37)70-33-57(34-71-46-10-2-6-38(22-46)26-50(54(64)65)42-14-18-59-30-42,35-72-47-11-3-7-39(23-47)27-51(55(66)67)43-15-19-60-31-43)36-73-48-12-4-8-40(24-48)28-52(56(68)69)44-16-20-61-32-44/h1-12,21-24,41-44,49-52,58-61H,13-20,25-36H2,(H,62,63)(H,64,65)(H,66,67)(H,68,69). The van der Waals surface area contributed by atoms with Crippen LogP contribution in [-0.2, 0) is 44.9 Å². The molecular weight excluding hydrogens is 933 g/mol. The number of carboxylic acids is 4. The fourth-order valence-corrected chi connectivity index (χ4v) is 11.2. The lowest BCUT2D eigenvalue weighted by molar-refractivity contribution is -0.144. The van der Waals surface area contributed by atoms with Crippen LogP contribution in [0.15, 0.2) is 97.1 Å². The van der Waals surface area contributed by atoms with Crippen molar-refractivity contribution in [2.45, 2.75) is 51.4 Å². The molecule has 16 heteroatoms. The third-order valence-electron chi connectivity index (χ3n) is 15.5. The molecule has 0 aliphatic carbocycles. The van der Waals surface area contributed by atoms with E-state index in [0.717, 1.165) is 74.1 Å². The molecule has 0 saturated carbocycles. The number of carbonyl (C=O) groups is 4. The van der Waals surface area contributed by atoms with E-state index >= 15 is 0 Å². The molecule has 392 valence electrons. The van der Waals surface area contributed by atoms with Crippen LogP contribution in [-0.4, -0.2) is 123 Å². The van der Waals surface area contributed by atoms with Crippen molar-refractivity contribution in [3.05, 3.63) is 119 Å². The molecule has 4 heterocycles. The lowest BCUT2D eigenvalue weighted by Crippen LogP contribution is -2.45. The average molecular weight is 1010 g/mol. The van der Waals surface area contributed by atoms with Crippen molar-refractivity contribution in [1.82, 2.24) is 21.3 Å². The number of carboxylic acid groups (broad SMARTS) is 4. The first-order chi connectivity index (χ1) is 35.4. The van der Waals surface area contributed by atoms with Crippen LogP contribution in [0, 0.1) is 52.8 Å². The van der Waals surface area contributed by atoms with E-state index in [4.69, 9.17) is 18.9 Å². The highest BCUT2D eigenvalue weighted by molar-refractivity contribution is 5.72. The zero-order valence-electron chi connectivity index (χ0n) is 41.6. The minimum atomic E-state index is -1.07. The summed E-state index contributed by atoms with van der Waals surface area (Å²) in [6.07, 6.45) is 4.50. The number of nitrogens with one attached hydrogen (secondary N) is 4. The average Bonchev–Trinajstić information content (AvgIpc) is 4.26. The van der Waals surface area contributed by atoms with E-state index in [0.29, 0.717) is 74.9 Å². The van der Waals surface area contributed by atoms with Gasteiger partial charge in [-0.25, -0.2) is 0 Å². The van der Waals surface area contributed by atoms with E-state index in [2.05, 4.69) is 21.3 Å². The number of aliphatic carboxylic acids is 4. The van der Waals surface area contributed by atoms with Crippen molar-refractivity contribution in [2.75, 3.05) is 78.8 Å². The van der Waals surface area contributed by atoms with Crippen molar-refractivity contribution in [3.8, 4) is 23.0 Å². The summed E-state index contributed by atoms with van der Waals surface area (Å²) in [7, 11) is 0. The van der Waals surface area contributed by atoms with Crippen molar-refractivity contribution in [2.24, 2.45) is 52.8 Å². The normalized spacial score (nSPS) is 22.1. The Morgan fingerprint density at radius 1 is 0.411 bits per heavy atom. The first kappa shape index (κ1) is 53.1. The summed E-state index contributed by atoms with van der Waals surface area (Å²) in [5.41, 5.74) is 2.22. The van der Waals surface area contributed by atoms with Crippen LogP contribution in [0.2, 0.25) is 0 Å². The van der Waals surface area contributed by atoms with Crippen LogP contribution < -0.4 is 40.2 Å². The molecule has 4 saturated heterocycles. The van der Waals surface area contributed by atoms with Gasteiger partial charge in [-0.1, -0.05) is 48.5 Å². The van der Waals surface area contributed by atoms with Gasteiger partial charge in [-0.05, 0) is 198 Å². The van der Waals surface area contributed by atoms with Gasteiger partial charge in [0.05, 0.1) is 23.7 Å². The van der Waals surface area contributed by atoms with Crippen molar-refractivity contribution in [1.29, 1.82) is 0 Å². The molecule has 0 bridgehead atoms. The van der Waals surface area contributed by atoms with Crippen LogP contribution in [0.1, 0.15) is 47.9 Å². The number of hydrogen-bond acceptors (Lipinski definition) is 12. The molecule has 8 N–H and O–H groups in total. The number of ether oxygens (including phenoxy) is 4. The molecule has 8 atom stereocenters. The van der Waals surface area contributed by atoms with Gasteiger partial charge in [0.2, 0.25) is 0 Å². The Labute approximate surface area is 427 Å². The summed E-state index contributed by atoms with van der Waals surface area (Å²) in [6, 6.07) is 29.9. The molecule has 4 fully saturated rings. The highest BCUT2D eigenvalue weighted by atomic mass is 16.5. The summed E-state index contributed by atoms with van der Waals surface area (Å²) in [5.74, 6) is -3.48. The molecule has 0 amide bonds. The third-order valence-corrected chi connectivity index (χ3v) is 15.5. The van der Waals surface area contributed by atoms with Crippen molar-refractivity contribution in [3.63, 3.8) is 0 Å². The van der Waals surface area contributed by atoms with E-state index < -0.39 is 53.0 Å². The predicted molar refractivity (Wildman–Crippen MR) is 273 cm³/mol. The molecule has 16 nitrogen and oxygen atoms in total. The van der Waals surface area contributed by atoms with Crippen molar-refractivity contribution >= 4 is 23.9 Å². The molecular formula is C57H72N4O12. The molecule has 0 spiro atoms. The second-order valence-corrected chi connectivity index (χ2v) is 20.9. The molecule has 4 aromatic carbocycles. The molecule has 8 rings (SSSR count). The van der Waals surface area contributed by atoms with E-state index in [9.17, 15) is 39.6 Å². The molecule has 4 aliphatic heterocycles. The van der Waals surface area contributed by atoms with Gasteiger partial charge < -0.3 is 60.6 Å². The zero-order chi connectivity index (χ0) is 51.2. The topological polar surface area (TPSA) is 234 Å². The number of rotatable bonds is 28. The minimum Gasteiger partial charge on any atom is -0.493 e. The smallest absolute Gasteiger partial charge is 0.307 e. The SMILES string of the molecule is O=C(O)C(Cc1cccc(OCC(COc2cccc(CC(C(=O)O)C3CCNC3)c2)(COc2cccc(CC(C(=O)O)C3CCNC3)c2)COc2cccc(CC(C(=O)O)C3CCNC3)c2)c1)C1CCNC1. The van der Waals surface area contributed by atoms with Gasteiger partial charge >= 0.3 is 23.9 Å². The first-order valence-electron chi connectivity index (χ1n) is 26.0. The first-order valence-corrected chi connectivity index (χ1v) is 26.0. The zero-order valence-corrected chi connectivity index (χ0v) is 41.6. The predicted octanol–water partition coefficient (Wildman–Crippen LogP) is 5.70. The Hall–Kier alpha value is -6.20. The van der Waals surface area contributed by atoms with E-state index in [1.807, 2.05) is 97.1 Å². The van der Waals surface area contributed by atoms with Gasteiger partial charge in [0.25, 0.3) is 0 Å². The van der Waals surface area contributed by atoms with Crippen LogP contribution in [0.3, 0.4) is 0 Å². The second-order valence-electron chi connectivity index (χ2n) is 20.9. The molecule has 73 heavy (non-hydrogen) atoms. The monoisotopic (exact) mass is 1000 g/mol. The van der Waals surface area contributed by atoms with E-state index in [-0.39, 0.29) is 50.1 Å². The van der Waals surface area contributed by atoms with Gasteiger partial charge in [0, 0.05) is 0 Å². The maximum atomic E-state index is 12.5. The van der Waals surface area contributed by atoms with Gasteiger partial charge in [-0.15, -0.1) is 0 Å². The van der Waals surface area contributed by atoms with Crippen LogP contribution >= 0.6 is 0 Å². The van der Waals surface area contributed by atoms with Gasteiger partial charge in [0.1, 0.15) is 54.8 Å². The summed E-state index contributed by atoms with van der Waals surface area (Å²) in [5, 5.41) is 54.2. The number of benzene rings is 4. The fourth-order valence-electron chi connectivity index (χ4n) is 11.2. The van der Waals surface area contributed by atoms with E-state index in [1.165, 1.54) is 0 Å². The Morgan fingerprint density at radius 3 is 0.836 bits per heavy atom. The third kappa shape index (κ3) is 15.0.